The number of benzene rings is 1. The highest BCUT2D eigenvalue weighted by atomic mass is 35.5. The zero-order valence-corrected chi connectivity index (χ0v) is 18.5. The minimum atomic E-state index is -0.501. The summed E-state index contributed by atoms with van der Waals surface area (Å²) in [5.41, 5.74) is 0.857. The second kappa shape index (κ2) is 16.4. The Morgan fingerprint density at radius 2 is 1.26 bits per heavy atom. The van der Waals surface area contributed by atoms with Crippen LogP contribution in [0.15, 0.2) is 24.3 Å². The van der Waals surface area contributed by atoms with Crippen molar-refractivity contribution in [2.45, 2.75) is 97.0 Å². The highest BCUT2D eigenvalue weighted by Gasteiger charge is 2.15. The highest BCUT2D eigenvalue weighted by Crippen LogP contribution is 2.23. The van der Waals surface area contributed by atoms with Gasteiger partial charge in [0.2, 0.25) is 0 Å². The molecule has 0 saturated heterocycles. The number of rotatable bonds is 17. The maximum atomic E-state index is 10.7. The molecular weight excluding hydrogens is 354 g/mol. The van der Waals surface area contributed by atoms with Crippen LogP contribution < -0.4 is 0 Å². The van der Waals surface area contributed by atoms with Gasteiger partial charge in [0.1, 0.15) is 0 Å². The van der Waals surface area contributed by atoms with E-state index in [-0.39, 0.29) is 0 Å². The molecule has 0 aliphatic carbocycles. The van der Waals surface area contributed by atoms with E-state index in [0.717, 1.165) is 18.7 Å². The van der Waals surface area contributed by atoms with Gasteiger partial charge in [0.15, 0.2) is 0 Å². The van der Waals surface area contributed by atoms with E-state index in [0.29, 0.717) is 11.6 Å². The number of hydrogen-bond acceptors (Lipinski definition) is 2. The van der Waals surface area contributed by atoms with Crippen molar-refractivity contribution in [3.63, 3.8) is 0 Å². The molecule has 3 heteroatoms. The average Bonchev–Trinajstić information content (AvgIpc) is 2.67. The molecule has 0 spiro atoms. The van der Waals surface area contributed by atoms with Crippen molar-refractivity contribution in [3.05, 3.63) is 34.9 Å². The van der Waals surface area contributed by atoms with Crippen molar-refractivity contribution in [1.29, 1.82) is 0 Å². The minimum absolute atomic E-state index is 0.501. The smallest absolute Gasteiger partial charge is 0.0931 e. The number of aliphatic hydroxyl groups is 1. The Labute approximate surface area is 173 Å². The third kappa shape index (κ3) is 11.8. The lowest BCUT2D eigenvalue weighted by Crippen LogP contribution is -2.31. The normalized spacial score (nSPS) is 12.6. The number of unbranched alkanes of at least 4 members (excludes halogenated alkanes) is 10. The molecule has 27 heavy (non-hydrogen) atoms. The first-order chi connectivity index (χ1) is 13.2. The Hall–Kier alpha value is -0.570. The van der Waals surface area contributed by atoms with Gasteiger partial charge in [-0.1, -0.05) is 108 Å². The Balaban J connectivity index is 2.42. The van der Waals surface area contributed by atoms with Gasteiger partial charge in [-0.25, -0.2) is 0 Å². The lowest BCUT2D eigenvalue weighted by molar-refractivity contribution is 0.110. The summed E-state index contributed by atoms with van der Waals surface area (Å²) < 4.78 is 0. The van der Waals surface area contributed by atoms with E-state index in [9.17, 15) is 5.11 Å². The van der Waals surface area contributed by atoms with Gasteiger partial charge in [0.05, 0.1) is 6.10 Å². The Kier molecular flexibility index (Phi) is 14.9. The largest absolute Gasteiger partial charge is 0.387 e. The zero-order chi connectivity index (χ0) is 19.7. The van der Waals surface area contributed by atoms with Crippen LogP contribution in [0.4, 0.5) is 0 Å². The van der Waals surface area contributed by atoms with Gasteiger partial charge in [-0.05, 0) is 32.0 Å². The lowest BCUT2D eigenvalue weighted by Gasteiger charge is -2.26. The van der Waals surface area contributed by atoms with Crippen molar-refractivity contribution >= 4 is 11.6 Å². The minimum Gasteiger partial charge on any atom is -0.387 e. The van der Waals surface area contributed by atoms with Gasteiger partial charge in [0.25, 0.3) is 0 Å². The molecule has 1 N–H and O–H groups in total. The maximum absolute atomic E-state index is 10.7. The van der Waals surface area contributed by atoms with E-state index in [1.54, 1.807) is 0 Å². The molecule has 0 fully saturated rings. The summed E-state index contributed by atoms with van der Waals surface area (Å²) in [6.07, 6.45) is 15.3. The third-order valence-corrected chi connectivity index (χ3v) is 5.70. The van der Waals surface area contributed by atoms with Crippen LogP contribution in [0.25, 0.3) is 0 Å². The summed E-state index contributed by atoms with van der Waals surface area (Å²) in [5.74, 6) is 0. The molecule has 1 atom stereocenters. The Morgan fingerprint density at radius 3 is 1.78 bits per heavy atom. The third-order valence-electron chi connectivity index (χ3n) is 5.35. The maximum Gasteiger partial charge on any atom is 0.0931 e. The number of hydrogen-bond donors (Lipinski definition) is 1. The fourth-order valence-corrected chi connectivity index (χ4v) is 3.88. The van der Waals surface area contributed by atoms with Crippen LogP contribution in [-0.2, 0) is 0 Å². The molecule has 1 aromatic carbocycles. The summed E-state index contributed by atoms with van der Waals surface area (Å²) in [7, 11) is 0. The molecule has 0 bridgehead atoms. The van der Waals surface area contributed by atoms with Crippen molar-refractivity contribution in [2.24, 2.45) is 0 Å². The molecule has 1 rings (SSSR count). The summed E-state index contributed by atoms with van der Waals surface area (Å²) >= 11 is 6.27. The molecule has 156 valence electrons. The molecule has 0 saturated carbocycles. The zero-order valence-electron chi connectivity index (χ0n) is 17.8. The number of halogens is 1. The van der Waals surface area contributed by atoms with Crippen LogP contribution in [0.5, 0.6) is 0 Å². The molecular formula is C24H42ClNO. The SMILES string of the molecule is CCCCCCCCN(CCCCCCCC)CC(O)c1ccccc1Cl. The van der Waals surface area contributed by atoms with E-state index in [1.807, 2.05) is 24.3 Å². The van der Waals surface area contributed by atoms with E-state index >= 15 is 0 Å². The van der Waals surface area contributed by atoms with Gasteiger partial charge in [-0.15, -0.1) is 0 Å². The van der Waals surface area contributed by atoms with Gasteiger partial charge < -0.3 is 10.0 Å². The van der Waals surface area contributed by atoms with E-state index in [2.05, 4.69) is 18.7 Å². The summed E-state index contributed by atoms with van der Waals surface area (Å²) in [5, 5.41) is 11.4. The second-order valence-corrected chi connectivity index (χ2v) is 8.28. The fraction of sp³-hybridized carbons (Fsp3) is 0.750. The van der Waals surface area contributed by atoms with Gasteiger partial charge in [-0.2, -0.15) is 0 Å². The number of nitrogens with zero attached hydrogens (tertiary/aromatic N) is 1. The molecule has 0 radical (unpaired) electrons. The van der Waals surface area contributed by atoms with E-state index < -0.39 is 6.10 Å². The topological polar surface area (TPSA) is 23.5 Å². The van der Waals surface area contributed by atoms with Crippen molar-refractivity contribution in [1.82, 2.24) is 4.90 Å². The molecule has 1 unspecified atom stereocenters. The van der Waals surface area contributed by atoms with Crippen LogP contribution in [0.3, 0.4) is 0 Å². The van der Waals surface area contributed by atoms with E-state index in [1.165, 1.54) is 77.0 Å². The fourth-order valence-electron chi connectivity index (χ4n) is 3.61. The van der Waals surface area contributed by atoms with E-state index in [4.69, 9.17) is 11.6 Å². The molecule has 0 aliphatic rings. The molecule has 2 nitrogen and oxygen atoms in total. The molecule has 0 amide bonds. The van der Waals surface area contributed by atoms with Crippen LogP contribution in [-0.4, -0.2) is 29.6 Å². The van der Waals surface area contributed by atoms with Crippen LogP contribution in [0.1, 0.15) is 103 Å². The van der Waals surface area contributed by atoms with Crippen LogP contribution in [0, 0.1) is 0 Å². The van der Waals surface area contributed by atoms with Crippen LogP contribution >= 0.6 is 11.6 Å². The first-order valence-electron chi connectivity index (χ1n) is 11.3. The summed E-state index contributed by atoms with van der Waals surface area (Å²) in [6.45, 7) is 7.38. The quantitative estimate of drug-likeness (QED) is 0.278. The Morgan fingerprint density at radius 1 is 0.778 bits per heavy atom. The van der Waals surface area contributed by atoms with Gasteiger partial charge in [-0.3, -0.25) is 0 Å². The standard InChI is InChI=1S/C24H42ClNO/c1-3-5-7-9-11-15-19-26(20-16-12-10-8-6-4-2)21-24(27)22-17-13-14-18-23(22)25/h13-14,17-18,24,27H,3-12,15-16,19-21H2,1-2H3. The first kappa shape index (κ1) is 24.5. The van der Waals surface area contributed by atoms with Crippen molar-refractivity contribution in [3.8, 4) is 0 Å². The second-order valence-electron chi connectivity index (χ2n) is 7.87. The summed E-state index contributed by atoms with van der Waals surface area (Å²) in [6, 6.07) is 7.69. The van der Waals surface area contributed by atoms with Gasteiger partial charge >= 0.3 is 0 Å². The number of aliphatic hydroxyl groups excluding tert-OH is 1. The average molecular weight is 396 g/mol. The predicted octanol–water partition coefficient (Wildman–Crippen LogP) is 7.40. The molecule has 0 heterocycles. The monoisotopic (exact) mass is 395 g/mol. The van der Waals surface area contributed by atoms with Gasteiger partial charge in [0, 0.05) is 17.1 Å². The Bertz CT molecular complexity index is 449. The summed E-state index contributed by atoms with van der Waals surface area (Å²) in [4.78, 5) is 2.45. The van der Waals surface area contributed by atoms with Crippen molar-refractivity contribution in [2.75, 3.05) is 19.6 Å². The molecule has 1 aromatic rings. The molecule has 0 aromatic heterocycles. The molecule has 0 aliphatic heterocycles. The predicted molar refractivity (Wildman–Crippen MR) is 120 cm³/mol. The highest BCUT2D eigenvalue weighted by molar-refractivity contribution is 6.31. The lowest BCUT2D eigenvalue weighted by atomic mass is 10.1. The first-order valence-corrected chi connectivity index (χ1v) is 11.7. The van der Waals surface area contributed by atoms with Crippen molar-refractivity contribution < 1.29 is 5.11 Å². The van der Waals surface area contributed by atoms with Crippen LogP contribution in [0.2, 0.25) is 5.02 Å².